The summed E-state index contributed by atoms with van der Waals surface area (Å²) in [5.41, 5.74) is 0. The second-order valence-electron chi connectivity index (χ2n) is 5.51. The summed E-state index contributed by atoms with van der Waals surface area (Å²) in [5.74, 6) is 1.91. The third-order valence-electron chi connectivity index (χ3n) is 3.66. The van der Waals surface area contributed by atoms with Gasteiger partial charge in [0.15, 0.2) is 0 Å². The number of hydrogen-bond acceptors (Lipinski definition) is 3. The number of ether oxygens (including phenoxy) is 1. The zero-order chi connectivity index (χ0) is 13.7. The summed E-state index contributed by atoms with van der Waals surface area (Å²) in [6.07, 6.45) is 4.10. The Balaban J connectivity index is 1.68. The van der Waals surface area contributed by atoms with Gasteiger partial charge in [-0.15, -0.1) is 0 Å². The first kappa shape index (κ1) is 14.1. The van der Waals surface area contributed by atoms with E-state index in [9.17, 15) is 4.79 Å². The van der Waals surface area contributed by atoms with E-state index in [1.807, 2.05) is 12.1 Å². The maximum absolute atomic E-state index is 11.8. The fourth-order valence-electron chi connectivity index (χ4n) is 2.64. The van der Waals surface area contributed by atoms with E-state index in [-0.39, 0.29) is 12.0 Å². The summed E-state index contributed by atoms with van der Waals surface area (Å²) in [5, 5.41) is 3.01. The monoisotopic (exact) mass is 265 g/mol. The molecule has 1 aliphatic rings. The van der Waals surface area contributed by atoms with Gasteiger partial charge in [0.05, 0.1) is 12.4 Å². The largest absolute Gasteiger partial charge is 0.469 e. The molecule has 106 valence electrons. The molecule has 1 aromatic rings. The van der Waals surface area contributed by atoms with Crippen molar-refractivity contribution < 1.29 is 13.9 Å². The highest BCUT2D eigenvalue weighted by molar-refractivity contribution is 5.76. The first-order valence-electron chi connectivity index (χ1n) is 7.07. The average molecular weight is 265 g/mol. The molecule has 0 spiro atoms. The van der Waals surface area contributed by atoms with E-state index in [0.29, 0.717) is 24.7 Å². The Morgan fingerprint density at radius 1 is 1.53 bits per heavy atom. The third-order valence-corrected chi connectivity index (χ3v) is 3.66. The molecule has 0 aromatic carbocycles. The van der Waals surface area contributed by atoms with E-state index in [0.717, 1.165) is 25.3 Å². The summed E-state index contributed by atoms with van der Waals surface area (Å²) in [7, 11) is 0. The van der Waals surface area contributed by atoms with Gasteiger partial charge in [0.25, 0.3) is 0 Å². The second kappa shape index (κ2) is 6.75. The van der Waals surface area contributed by atoms with Crippen LogP contribution in [0.5, 0.6) is 0 Å². The van der Waals surface area contributed by atoms with E-state index < -0.39 is 0 Å². The van der Waals surface area contributed by atoms with Crippen molar-refractivity contribution in [2.45, 2.75) is 39.2 Å². The lowest BCUT2D eigenvalue weighted by Gasteiger charge is -2.22. The van der Waals surface area contributed by atoms with E-state index in [1.54, 1.807) is 6.26 Å². The SMILES string of the molecule is CC(C)[C@H]1OCC[C@@H]1CNC(=O)CCc1ccco1. The normalized spacial score (nSPS) is 22.9. The van der Waals surface area contributed by atoms with Gasteiger partial charge in [-0.1, -0.05) is 13.8 Å². The zero-order valence-electron chi connectivity index (χ0n) is 11.7. The van der Waals surface area contributed by atoms with Crippen molar-refractivity contribution >= 4 is 5.91 Å². The minimum Gasteiger partial charge on any atom is -0.469 e. The van der Waals surface area contributed by atoms with Crippen LogP contribution < -0.4 is 5.32 Å². The predicted octanol–water partition coefficient (Wildman–Crippen LogP) is 2.39. The van der Waals surface area contributed by atoms with Gasteiger partial charge in [0.1, 0.15) is 5.76 Å². The molecule has 1 saturated heterocycles. The topological polar surface area (TPSA) is 51.5 Å². The van der Waals surface area contributed by atoms with Crippen LogP contribution in [0.3, 0.4) is 0 Å². The van der Waals surface area contributed by atoms with Crippen molar-refractivity contribution in [3.8, 4) is 0 Å². The van der Waals surface area contributed by atoms with Gasteiger partial charge in [0.2, 0.25) is 5.91 Å². The summed E-state index contributed by atoms with van der Waals surface area (Å²) in [6.45, 7) is 5.87. The maximum Gasteiger partial charge on any atom is 0.220 e. The quantitative estimate of drug-likeness (QED) is 0.859. The van der Waals surface area contributed by atoms with Gasteiger partial charge in [0, 0.05) is 31.9 Å². The molecular formula is C15H23NO3. The van der Waals surface area contributed by atoms with Crippen molar-refractivity contribution in [3.05, 3.63) is 24.2 Å². The Labute approximate surface area is 114 Å². The first-order valence-corrected chi connectivity index (χ1v) is 7.07. The van der Waals surface area contributed by atoms with Crippen molar-refractivity contribution in [3.63, 3.8) is 0 Å². The van der Waals surface area contributed by atoms with Crippen LogP contribution in [0, 0.1) is 11.8 Å². The number of amides is 1. The van der Waals surface area contributed by atoms with Crippen molar-refractivity contribution in [2.75, 3.05) is 13.2 Å². The molecule has 1 aliphatic heterocycles. The Morgan fingerprint density at radius 2 is 2.37 bits per heavy atom. The molecular weight excluding hydrogens is 242 g/mol. The lowest BCUT2D eigenvalue weighted by molar-refractivity contribution is -0.121. The molecule has 4 nitrogen and oxygen atoms in total. The number of hydrogen-bond donors (Lipinski definition) is 1. The highest BCUT2D eigenvalue weighted by Gasteiger charge is 2.30. The number of carbonyl (C=O) groups excluding carboxylic acids is 1. The number of furan rings is 1. The Kier molecular flexibility index (Phi) is 5.02. The maximum atomic E-state index is 11.8. The Bertz CT molecular complexity index is 386. The molecule has 1 N–H and O–H groups in total. The molecule has 0 bridgehead atoms. The van der Waals surface area contributed by atoms with Crippen LogP contribution >= 0.6 is 0 Å². The highest BCUT2D eigenvalue weighted by atomic mass is 16.5. The van der Waals surface area contributed by atoms with Crippen LogP contribution in [-0.2, 0) is 16.0 Å². The van der Waals surface area contributed by atoms with Crippen LogP contribution in [-0.4, -0.2) is 25.2 Å². The van der Waals surface area contributed by atoms with Crippen LogP contribution in [0.1, 0.15) is 32.4 Å². The van der Waals surface area contributed by atoms with E-state index in [2.05, 4.69) is 19.2 Å². The van der Waals surface area contributed by atoms with Crippen molar-refractivity contribution in [1.29, 1.82) is 0 Å². The summed E-state index contributed by atoms with van der Waals surface area (Å²) in [4.78, 5) is 11.8. The highest BCUT2D eigenvalue weighted by Crippen LogP contribution is 2.26. The van der Waals surface area contributed by atoms with Crippen LogP contribution in [0.2, 0.25) is 0 Å². The van der Waals surface area contributed by atoms with Crippen molar-refractivity contribution in [1.82, 2.24) is 5.32 Å². The molecule has 1 aromatic heterocycles. The minimum atomic E-state index is 0.0887. The smallest absolute Gasteiger partial charge is 0.220 e. The Hall–Kier alpha value is -1.29. The summed E-state index contributed by atoms with van der Waals surface area (Å²) < 4.78 is 10.9. The lowest BCUT2D eigenvalue weighted by Crippen LogP contribution is -2.34. The lowest BCUT2D eigenvalue weighted by atomic mass is 9.93. The molecule has 1 fully saturated rings. The standard InChI is InChI=1S/C15H23NO3/c1-11(2)15-12(7-9-19-15)10-16-14(17)6-5-13-4-3-8-18-13/h3-4,8,11-12,15H,5-7,9-10H2,1-2H3,(H,16,17)/t12-,15-/m1/s1. The van der Waals surface area contributed by atoms with E-state index >= 15 is 0 Å². The van der Waals surface area contributed by atoms with Gasteiger partial charge < -0.3 is 14.5 Å². The number of aryl methyl sites for hydroxylation is 1. The molecule has 0 unspecified atom stereocenters. The molecule has 0 radical (unpaired) electrons. The molecule has 2 heterocycles. The van der Waals surface area contributed by atoms with Crippen LogP contribution in [0.15, 0.2) is 22.8 Å². The minimum absolute atomic E-state index is 0.0887. The number of carbonyl (C=O) groups is 1. The van der Waals surface area contributed by atoms with Gasteiger partial charge in [-0.25, -0.2) is 0 Å². The second-order valence-corrected chi connectivity index (χ2v) is 5.51. The molecule has 19 heavy (non-hydrogen) atoms. The fraction of sp³-hybridized carbons (Fsp3) is 0.667. The first-order chi connectivity index (χ1) is 9.16. The average Bonchev–Trinajstić information content (AvgIpc) is 3.04. The van der Waals surface area contributed by atoms with E-state index in [1.165, 1.54) is 0 Å². The van der Waals surface area contributed by atoms with Crippen LogP contribution in [0.25, 0.3) is 0 Å². The van der Waals surface area contributed by atoms with Gasteiger partial charge in [-0.3, -0.25) is 4.79 Å². The Morgan fingerprint density at radius 3 is 3.05 bits per heavy atom. The molecule has 0 saturated carbocycles. The predicted molar refractivity (Wildman–Crippen MR) is 72.7 cm³/mol. The summed E-state index contributed by atoms with van der Waals surface area (Å²) >= 11 is 0. The van der Waals surface area contributed by atoms with Gasteiger partial charge in [-0.05, 0) is 24.5 Å². The number of rotatable bonds is 6. The molecule has 2 atom stereocenters. The molecule has 4 heteroatoms. The van der Waals surface area contributed by atoms with E-state index in [4.69, 9.17) is 9.15 Å². The molecule has 2 rings (SSSR count). The number of nitrogens with one attached hydrogen (secondary N) is 1. The fourth-order valence-corrected chi connectivity index (χ4v) is 2.64. The van der Waals surface area contributed by atoms with Crippen molar-refractivity contribution in [2.24, 2.45) is 11.8 Å². The van der Waals surface area contributed by atoms with Gasteiger partial charge in [-0.2, -0.15) is 0 Å². The molecule has 1 amide bonds. The van der Waals surface area contributed by atoms with Crippen LogP contribution in [0.4, 0.5) is 0 Å². The third kappa shape index (κ3) is 4.10. The molecule has 0 aliphatic carbocycles. The summed E-state index contributed by atoms with van der Waals surface area (Å²) in [6, 6.07) is 3.74. The zero-order valence-corrected chi connectivity index (χ0v) is 11.7. The van der Waals surface area contributed by atoms with Gasteiger partial charge >= 0.3 is 0 Å².